The summed E-state index contributed by atoms with van der Waals surface area (Å²) in [7, 11) is 0. The van der Waals surface area contributed by atoms with Gasteiger partial charge in [0.15, 0.2) is 0 Å². The van der Waals surface area contributed by atoms with Crippen molar-refractivity contribution in [3.05, 3.63) is 29.8 Å². The van der Waals surface area contributed by atoms with Gasteiger partial charge in [-0.2, -0.15) is 11.8 Å². The fraction of sp³-hybridized carbons (Fsp3) is 0.625. The Hall–Kier alpha value is -0.670. The van der Waals surface area contributed by atoms with Crippen LogP contribution in [0.5, 0.6) is 5.75 Å². The first-order valence-electron chi connectivity index (χ1n) is 7.36. The minimum atomic E-state index is 0.388. The molecule has 19 heavy (non-hydrogen) atoms. The topological polar surface area (TPSA) is 21.3 Å². The van der Waals surface area contributed by atoms with Gasteiger partial charge < -0.3 is 10.1 Å². The molecule has 1 aromatic rings. The molecule has 0 radical (unpaired) electrons. The number of hydrogen-bond donors (Lipinski definition) is 1. The van der Waals surface area contributed by atoms with Gasteiger partial charge in [-0.25, -0.2) is 0 Å². The number of benzene rings is 1. The summed E-state index contributed by atoms with van der Waals surface area (Å²) < 4.78 is 5.75. The fourth-order valence-electron chi connectivity index (χ4n) is 1.98. The summed E-state index contributed by atoms with van der Waals surface area (Å²) in [6.45, 7) is 8.25. The van der Waals surface area contributed by atoms with E-state index in [1.807, 2.05) is 24.8 Å². The molecular weight excluding hydrogens is 254 g/mol. The monoisotopic (exact) mass is 281 g/mol. The lowest BCUT2D eigenvalue weighted by atomic mass is 10.1. The van der Waals surface area contributed by atoms with Gasteiger partial charge in [-0.1, -0.05) is 32.0 Å². The molecule has 0 bridgehead atoms. The number of nitrogens with one attached hydrogen (secondary N) is 1. The number of ether oxygens (including phenoxy) is 1. The van der Waals surface area contributed by atoms with E-state index in [2.05, 4.69) is 37.4 Å². The SMILES string of the molecule is CCCNC(CSCCC)c1ccccc1OCC. The molecule has 0 aliphatic rings. The molecule has 108 valence electrons. The number of thioether (sulfide) groups is 1. The summed E-state index contributed by atoms with van der Waals surface area (Å²) in [4.78, 5) is 0. The van der Waals surface area contributed by atoms with Crippen LogP contribution in [0.1, 0.15) is 45.2 Å². The normalized spacial score (nSPS) is 12.4. The molecule has 0 saturated carbocycles. The highest BCUT2D eigenvalue weighted by Crippen LogP contribution is 2.27. The highest BCUT2D eigenvalue weighted by atomic mass is 32.2. The maximum absolute atomic E-state index is 5.75. The maximum Gasteiger partial charge on any atom is 0.124 e. The van der Waals surface area contributed by atoms with Crippen LogP contribution in [0.3, 0.4) is 0 Å². The fourth-order valence-corrected chi connectivity index (χ4v) is 2.97. The van der Waals surface area contributed by atoms with E-state index in [1.165, 1.54) is 17.7 Å². The number of para-hydroxylation sites is 1. The molecule has 1 aromatic carbocycles. The molecule has 0 aromatic heterocycles. The third kappa shape index (κ3) is 5.87. The highest BCUT2D eigenvalue weighted by Gasteiger charge is 2.15. The van der Waals surface area contributed by atoms with Crippen molar-refractivity contribution in [3.8, 4) is 5.75 Å². The Morgan fingerprint density at radius 2 is 1.95 bits per heavy atom. The lowest BCUT2D eigenvalue weighted by Crippen LogP contribution is -2.24. The third-order valence-corrected chi connectivity index (χ3v) is 4.13. The first-order chi connectivity index (χ1) is 9.33. The van der Waals surface area contributed by atoms with Crippen LogP contribution >= 0.6 is 11.8 Å². The lowest BCUT2D eigenvalue weighted by Gasteiger charge is -2.21. The summed E-state index contributed by atoms with van der Waals surface area (Å²) >= 11 is 2.02. The zero-order chi connectivity index (χ0) is 13.9. The molecule has 2 nitrogen and oxygen atoms in total. The molecule has 1 unspecified atom stereocenters. The first kappa shape index (κ1) is 16.4. The van der Waals surface area contributed by atoms with Crippen molar-refractivity contribution in [1.82, 2.24) is 5.32 Å². The van der Waals surface area contributed by atoms with Gasteiger partial charge in [0.25, 0.3) is 0 Å². The standard InChI is InChI=1S/C16H27NOS/c1-4-11-17-15(13-19-12-5-2)14-9-7-8-10-16(14)18-6-3/h7-10,15,17H,4-6,11-13H2,1-3H3. The van der Waals surface area contributed by atoms with Crippen LogP contribution in [0, 0.1) is 0 Å². The molecule has 0 fully saturated rings. The van der Waals surface area contributed by atoms with Crippen LogP contribution in [0.15, 0.2) is 24.3 Å². The van der Waals surface area contributed by atoms with Crippen molar-refractivity contribution in [2.24, 2.45) is 0 Å². The van der Waals surface area contributed by atoms with E-state index in [4.69, 9.17) is 4.74 Å². The molecule has 0 aliphatic carbocycles. The zero-order valence-electron chi connectivity index (χ0n) is 12.4. The average Bonchev–Trinajstić information content (AvgIpc) is 2.44. The second kappa shape index (κ2) is 10.2. The maximum atomic E-state index is 5.75. The molecule has 0 aliphatic heterocycles. The molecule has 0 spiro atoms. The quantitative estimate of drug-likeness (QED) is 0.647. The van der Waals surface area contributed by atoms with Crippen molar-refractivity contribution in [3.63, 3.8) is 0 Å². The Labute approximate surface area is 122 Å². The molecular formula is C16H27NOS. The Bertz CT molecular complexity index is 343. The van der Waals surface area contributed by atoms with E-state index in [0.29, 0.717) is 6.04 Å². The second-order valence-corrected chi connectivity index (χ2v) is 5.70. The Morgan fingerprint density at radius 3 is 2.63 bits per heavy atom. The van der Waals surface area contributed by atoms with Crippen molar-refractivity contribution in [2.75, 3.05) is 24.7 Å². The van der Waals surface area contributed by atoms with E-state index in [9.17, 15) is 0 Å². The Kier molecular flexibility index (Phi) is 8.76. The Morgan fingerprint density at radius 1 is 1.16 bits per heavy atom. The predicted octanol–water partition coefficient (Wildman–Crippen LogP) is 4.27. The zero-order valence-corrected chi connectivity index (χ0v) is 13.3. The molecule has 1 rings (SSSR count). The van der Waals surface area contributed by atoms with E-state index < -0.39 is 0 Å². The summed E-state index contributed by atoms with van der Waals surface area (Å²) in [6.07, 6.45) is 2.39. The van der Waals surface area contributed by atoms with Crippen LogP contribution in [0.2, 0.25) is 0 Å². The first-order valence-corrected chi connectivity index (χ1v) is 8.51. The minimum absolute atomic E-state index is 0.388. The van der Waals surface area contributed by atoms with E-state index in [1.54, 1.807) is 0 Å². The number of hydrogen-bond acceptors (Lipinski definition) is 3. The van der Waals surface area contributed by atoms with Gasteiger partial charge in [-0.15, -0.1) is 0 Å². The van der Waals surface area contributed by atoms with Gasteiger partial charge in [0.2, 0.25) is 0 Å². The van der Waals surface area contributed by atoms with Gasteiger partial charge >= 0.3 is 0 Å². The van der Waals surface area contributed by atoms with Gasteiger partial charge in [-0.05, 0) is 38.1 Å². The van der Waals surface area contributed by atoms with Gasteiger partial charge in [0.1, 0.15) is 5.75 Å². The highest BCUT2D eigenvalue weighted by molar-refractivity contribution is 7.99. The minimum Gasteiger partial charge on any atom is -0.494 e. The van der Waals surface area contributed by atoms with E-state index in [-0.39, 0.29) is 0 Å². The van der Waals surface area contributed by atoms with Crippen LogP contribution in [-0.4, -0.2) is 24.7 Å². The third-order valence-electron chi connectivity index (χ3n) is 2.87. The van der Waals surface area contributed by atoms with Gasteiger partial charge in [0, 0.05) is 17.4 Å². The molecule has 0 saturated heterocycles. The van der Waals surface area contributed by atoms with E-state index >= 15 is 0 Å². The largest absolute Gasteiger partial charge is 0.494 e. The smallest absolute Gasteiger partial charge is 0.124 e. The van der Waals surface area contributed by atoms with Crippen molar-refractivity contribution < 1.29 is 4.74 Å². The molecule has 3 heteroatoms. The predicted molar refractivity (Wildman–Crippen MR) is 86.3 cm³/mol. The van der Waals surface area contributed by atoms with Crippen molar-refractivity contribution in [2.45, 2.75) is 39.7 Å². The van der Waals surface area contributed by atoms with Crippen LogP contribution in [-0.2, 0) is 0 Å². The van der Waals surface area contributed by atoms with Crippen molar-refractivity contribution >= 4 is 11.8 Å². The second-order valence-electron chi connectivity index (χ2n) is 4.55. The number of rotatable bonds is 10. The van der Waals surface area contributed by atoms with Crippen LogP contribution < -0.4 is 10.1 Å². The molecule has 0 amide bonds. The average molecular weight is 281 g/mol. The summed E-state index contributed by atoms with van der Waals surface area (Å²) in [5.74, 6) is 3.36. The van der Waals surface area contributed by atoms with Crippen LogP contribution in [0.25, 0.3) is 0 Å². The van der Waals surface area contributed by atoms with Gasteiger partial charge in [0.05, 0.1) is 6.61 Å². The van der Waals surface area contributed by atoms with E-state index in [0.717, 1.165) is 31.1 Å². The lowest BCUT2D eigenvalue weighted by molar-refractivity contribution is 0.332. The summed E-state index contributed by atoms with van der Waals surface area (Å²) in [6, 6.07) is 8.79. The molecule has 0 heterocycles. The summed E-state index contributed by atoms with van der Waals surface area (Å²) in [5, 5.41) is 3.64. The Balaban J connectivity index is 2.76. The molecule has 1 atom stereocenters. The van der Waals surface area contributed by atoms with Gasteiger partial charge in [-0.3, -0.25) is 0 Å². The molecule has 1 N–H and O–H groups in total. The van der Waals surface area contributed by atoms with Crippen molar-refractivity contribution in [1.29, 1.82) is 0 Å². The van der Waals surface area contributed by atoms with Crippen LogP contribution in [0.4, 0.5) is 0 Å². The summed E-state index contributed by atoms with van der Waals surface area (Å²) in [5.41, 5.74) is 1.29.